The number of nitrogens with zero attached hydrogens (tertiary/aromatic N) is 2. The summed E-state index contributed by atoms with van der Waals surface area (Å²) in [6, 6.07) is 7.92. The first kappa shape index (κ1) is 11.9. The Kier molecular flexibility index (Phi) is 3.59. The molecule has 17 heavy (non-hydrogen) atoms. The van der Waals surface area contributed by atoms with Crippen LogP contribution in [0.4, 0.5) is 0 Å². The van der Waals surface area contributed by atoms with Gasteiger partial charge in [-0.25, -0.2) is 9.97 Å². The minimum Gasteiger partial charge on any atom is -0.439 e. The molecule has 1 heterocycles. The number of hydrogen-bond acceptors (Lipinski definition) is 3. The molecule has 0 bridgehead atoms. The lowest BCUT2D eigenvalue weighted by molar-refractivity contribution is 0.457. The van der Waals surface area contributed by atoms with Crippen LogP contribution in [0.25, 0.3) is 0 Å². The van der Waals surface area contributed by atoms with E-state index in [0.29, 0.717) is 11.0 Å². The van der Waals surface area contributed by atoms with Gasteiger partial charge in [0.2, 0.25) is 5.88 Å². The monoisotopic (exact) mass is 248 g/mol. The third-order valence-electron chi connectivity index (χ3n) is 2.52. The Labute approximate surface area is 105 Å². The zero-order valence-corrected chi connectivity index (χ0v) is 10.5. The van der Waals surface area contributed by atoms with Crippen LogP contribution in [-0.2, 0) is 6.42 Å². The van der Waals surface area contributed by atoms with Gasteiger partial charge < -0.3 is 4.74 Å². The molecular weight excluding hydrogens is 236 g/mol. The van der Waals surface area contributed by atoms with Gasteiger partial charge in [0.15, 0.2) is 0 Å². The molecule has 0 saturated heterocycles. The van der Waals surface area contributed by atoms with E-state index in [2.05, 4.69) is 16.9 Å². The zero-order chi connectivity index (χ0) is 12.3. The van der Waals surface area contributed by atoms with Crippen molar-refractivity contribution in [3.8, 4) is 11.6 Å². The highest BCUT2D eigenvalue weighted by Gasteiger charge is 2.07. The second kappa shape index (κ2) is 5.15. The minimum atomic E-state index is 0.417. The van der Waals surface area contributed by atoms with Gasteiger partial charge in [-0.15, -0.1) is 0 Å². The summed E-state index contributed by atoms with van der Waals surface area (Å²) < 4.78 is 5.65. The van der Waals surface area contributed by atoms with Crippen LogP contribution < -0.4 is 4.74 Å². The SMILES string of the molecule is CCc1ccc(Oc2ncnc(Cl)c2C)cc1. The Bertz CT molecular complexity index is 511. The van der Waals surface area contributed by atoms with Gasteiger partial charge in [0.25, 0.3) is 0 Å². The van der Waals surface area contributed by atoms with Crippen molar-refractivity contribution in [3.05, 3.63) is 46.9 Å². The molecule has 2 rings (SSSR count). The summed E-state index contributed by atoms with van der Waals surface area (Å²) in [5.41, 5.74) is 2.02. The summed E-state index contributed by atoms with van der Waals surface area (Å²) in [5.74, 6) is 1.24. The van der Waals surface area contributed by atoms with Gasteiger partial charge in [-0.2, -0.15) is 0 Å². The van der Waals surface area contributed by atoms with E-state index in [1.807, 2.05) is 31.2 Å². The van der Waals surface area contributed by atoms with Gasteiger partial charge in [-0.3, -0.25) is 0 Å². The average Bonchev–Trinajstić information content (AvgIpc) is 2.36. The van der Waals surface area contributed by atoms with Crippen molar-refractivity contribution in [2.45, 2.75) is 20.3 Å². The van der Waals surface area contributed by atoms with Crippen molar-refractivity contribution in [1.29, 1.82) is 0 Å². The number of rotatable bonds is 3. The Morgan fingerprint density at radius 1 is 1.18 bits per heavy atom. The summed E-state index contributed by atoms with van der Waals surface area (Å²) in [7, 11) is 0. The van der Waals surface area contributed by atoms with Crippen LogP contribution in [-0.4, -0.2) is 9.97 Å². The smallest absolute Gasteiger partial charge is 0.226 e. The van der Waals surface area contributed by atoms with Gasteiger partial charge in [-0.1, -0.05) is 30.7 Å². The lowest BCUT2D eigenvalue weighted by Gasteiger charge is -2.08. The third kappa shape index (κ3) is 2.74. The van der Waals surface area contributed by atoms with E-state index in [-0.39, 0.29) is 0 Å². The first-order valence-corrected chi connectivity index (χ1v) is 5.82. The number of aromatic nitrogens is 2. The Hall–Kier alpha value is -1.61. The Balaban J connectivity index is 2.22. The number of ether oxygens (including phenoxy) is 1. The summed E-state index contributed by atoms with van der Waals surface area (Å²) in [4.78, 5) is 7.94. The van der Waals surface area contributed by atoms with E-state index in [1.165, 1.54) is 11.9 Å². The molecule has 0 aliphatic heterocycles. The number of halogens is 1. The largest absolute Gasteiger partial charge is 0.439 e. The van der Waals surface area contributed by atoms with E-state index in [9.17, 15) is 0 Å². The van der Waals surface area contributed by atoms with Crippen LogP contribution in [0.2, 0.25) is 5.15 Å². The molecule has 0 radical (unpaired) electrons. The standard InChI is InChI=1S/C13H13ClN2O/c1-3-10-4-6-11(7-5-10)17-13-9(2)12(14)15-8-16-13/h4-8H,3H2,1-2H3. The van der Waals surface area contributed by atoms with Crippen molar-refractivity contribution in [1.82, 2.24) is 9.97 Å². The van der Waals surface area contributed by atoms with Crippen molar-refractivity contribution < 1.29 is 4.74 Å². The first-order chi connectivity index (χ1) is 8.20. The normalized spacial score (nSPS) is 10.3. The van der Waals surface area contributed by atoms with E-state index in [1.54, 1.807) is 0 Å². The number of hydrogen-bond donors (Lipinski definition) is 0. The maximum Gasteiger partial charge on any atom is 0.226 e. The summed E-state index contributed by atoms with van der Waals surface area (Å²) >= 11 is 5.90. The Morgan fingerprint density at radius 3 is 2.53 bits per heavy atom. The lowest BCUT2D eigenvalue weighted by Crippen LogP contribution is -1.93. The second-order valence-electron chi connectivity index (χ2n) is 3.69. The molecule has 1 aromatic heterocycles. The van der Waals surface area contributed by atoms with E-state index in [0.717, 1.165) is 17.7 Å². The van der Waals surface area contributed by atoms with Crippen molar-refractivity contribution in [2.24, 2.45) is 0 Å². The molecular formula is C13H13ClN2O. The summed E-state index contributed by atoms with van der Waals surface area (Å²) in [6.07, 6.45) is 2.41. The van der Waals surface area contributed by atoms with Gasteiger partial charge >= 0.3 is 0 Å². The molecule has 88 valence electrons. The van der Waals surface area contributed by atoms with Crippen molar-refractivity contribution in [3.63, 3.8) is 0 Å². The highest BCUT2D eigenvalue weighted by atomic mass is 35.5. The van der Waals surface area contributed by atoms with Crippen LogP contribution in [0, 0.1) is 6.92 Å². The van der Waals surface area contributed by atoms with Crippen LogP contribution >= 0.6 is 11.6 Å². The molecule has 3 nitrogen and oxygen atoms in total. The average molecular weight is 249 g/mol. The maximum atomic E-state index is 5.90. The Morgan fingerprint density at radius 2 is 1.88 bits per heavy atom. The molecule has 0 N–H and O–H groups in total. The van der Waals surface area contributed by atoms with Gasteiger partial charge in [0, 0.05) is 5.56 Å². The van der Waals surface area contributed by atoms with Crippen LogP contribution in [0.1, 0.15) is 18.1 Å². The molecule has 0 atom stereocenters. The van der Waals surface area contributed by atoms with Crippen LogP contribution in [0.5, 0.6) is 11.6 Å². The zero-order valence-electron chi connectivity index (χ0n) is 9.77. The molecule has 0 spiro atoms. The predicted molar refractivity (Wildman–Crippen MR) is 67.7 cm³/mol. The molecule has 0 amide bonds. The third-order valence-corrected chi connectivity index (χ3v) is 2.90. The molecule has 0 aliphatic rings. The summed E-state index contributed by atoms with van der Waals surface area (Å²) in [6.45, 7) is 3.95. The van der Waals surface area contributed by atoms with E-state index in [4.69, 9.17) is 16.3 Å². The number of aryl methyl sites for hydroxylation is 1. The molecule has 0 aliphatic carbocycles. The molecule has 1 aromatic carbocycles. The van der Waals surface area contributed by atoms with Crippen LogP contribution in [0.3, 0.4) is 0 Å². The molecule has 0 unspecified atom stereocenters. The number of benzene rings is 1. The lowest BCUT2D eigenvalue weighted by atomic mass is 10.2. The molecule has 0 fully saturated rings. The van der Waals surface area contributed by atoms with Crippen LogP contribution in [0.15, 0.2) is 30.6 Å². The predicted octanol–water partition coefficient (Wildman–Crippen LogP) is 3.79. The fourth-order valence-corrected chi connectivity index (χ4v) is 1.55. The van der Waals surface area contributed by atoms with Crippen molar-refractivity contribution in [2.75, 3.05) is 0 Å². The van der Waals surface area contributed by atoms with E-state index >= 15 is 0 Å². The van der Waals surface area contributed by atoms with E-state index < -0.39 is 0 Å². The first-order valence-electron chi connectivity index (χ1n) is 5.44. The minimum absolute atomic E-state index is 0.417. The van der Waals surface area contributed by atoms with Gasteiger partial charge in [0.05, 0.1) is 0 Å². The fourth-order valence-electron chi connectivity index (χ4n) is 1.42. The van der Waals surface area contributed by atoms with Gasteiger partial charge in [0.1, 0.15) is 17.2 Å². The molecule has 4 heteroatoms. The quantitative estimate of drug-likeness (QED) is 0.775. The molecule has 0 saturated carbocycles. The maximum absolute atomic E-state index is 5.90. The topological polar surface area (TPSA) is 35.0 Å². The summed E-state index contributed by atoms with van der Waals surface area (Å²) in [5, 5.41) is 0.417. The second-order valence-corrected chi connectivity index (χ2v) is 4.05. The highest BCUT2D eigenvalue weighted by molar-refractivity contribution is 6.30. The van der Waals surface area contributed by atoms with Gasteiger partial charge in [-0.05, 0) is 31.0 Å². The molecule has 2 aromatic rings. The highest BCUT2D eigenvalue weighted by Crippen LogP contribution is 2.25. The van der Waals surface area contributed by atoms with Crippen molar-refractivity contribution >= 4 is 11.6 Å². The fraction of sp³-hybridized carbons (Fsp3) is 0.231.